The summed E-state index contributed by atoms with van der Waals surface area (Å²) in [6, 6.07) is 1.69. The van der Waals surface area contributed by atoms with Gasteiger partial charge in [0, 0.05) is 6.07 Å². The predicted octanol–water partition coefficient (Wildman–Crippen LogP) is 1.45. The first-order valence-electron chi connectivity index (χ1n) is 1.87. The van der Waals surface area contributed by atoms with Crippen molar-refractivity contribution < 1.29 is 9.15 Å². The van der Waals surface area contributed by atoms with Gasteiger partial charge < -0.3 is 9.15 Å². The molecule has 1 heterocycles. The molecule has 0 atom stereocenters. The number of hydrogen-bond donors (Lipinski definition) is 0. The van der Waals surface area contributed by atoms with E-state index in [-0.39, 0.29) is 0 Å². The molecule has 0 N–H and O–H groups in total. The van der Waals surface area contributed by atoms with Gasteiger partial charge in [-0.1, -0.05) is 0 Å². The van der Waals surface area contributed by atoms with E-state index >= 15 is 0 Å². The van der Waals surface area contributed by atoms with E-state index in [0.29, 0.717) is 5.75 Å². The van der Waals surface area contributed by atoms with Crippen LogP contribution in [0.3, 0.4) is 0 Å². The summed E-state index contributed by atoms with van der Waals surface area (Å²) in [6.07, 6.45) is 3.01. The van der Waals surface area contributed by atoms with Gasteiger partial charge >= 0.3 is 0 Å². The first-order valence-corrected chi connectivity index (χ1v) is 1.87. The fourth-order valence-corrected chi connectivity index (χ4v) is 0.334. The Hall–Kier alpha value is -0.920. The molecule has 1 aromatic heterocycles. The van der Waals surface area contributed by atoms with Crippen LogP contribution in [0.2, 0.25) is 0 Å². The van der Waals surface area contributed by atoms with Crippen LogP contribution < -0.4 is 4.74 Å². The van der Waals surface area contributed by atoms with Crippen molar-refractivity contribution in [2.24, 2.45) is 0 Å². The van der Waals surface area contributed by atoms with Crippen LogP contribution in [0.1, 0.15) is 0 Å². The molecular formula is C5H5O2. The molecule has 0 aromatic carbocycles. The topological polar surface area (TPSA) is 22.4 Å². The third kappa shape index (κ3) is 0.738. The summed E-state index contributed by atoms with van der Waals surface area (Å²) in [4.78, 5) is 0. The third-order valence-corrected chi connectivity index (χ3v) is 0.662. The summed E-state index contributed by atoms with van der Waals surface area (Å²) < 4.78 is 9.15. The monoisotopic (exact) mass is 97.0 g/mol. The highest BCUT2D eigenvalue weighted by Crippen LogP contribution is 2.07. The molecule has 1 aromatic rings. The van der Waals surface area contributed by atoms with Crippen molar-refractivity contribution in [2.45, 2.75) is 0 Å². The van der Waals surface area contributed by atoms with Crippen LogP contribution >= 0.6 is 0 Å². The van der Waals surface area contributed by atoms with Crippen molar-refractivity contribution in [3.63, 3.8) is 0 Å². The van der Waals surface area contributed by atoms with E-state index in [1.165, 1.54) is 12.5 Å². The average molecular weight is 97.1 g/mol. The summed E-state index contributed by atoms with van der Waals surface area (Å²) in [7, 11) is 3.17. The van der Waals surface area contributed by atoms with Gasteiger partial charge in [-0.3, -0.25) is 0 Å². The summed E-state index contributed by atoms with van der Waals surface area (Å²) in [6.45, 7) is 0. The van der Waals surface area contributed by atoms with E-state index in [9.17, 15) is 0 Å². The van der Waals surface area contributed by atoms with E-state index in [1.807, 2.05) is 0 Å². The normalized spacial score (nSPS) is 8.71. The van der Waals surface area contributed by atoms with Crippen molar-refractivity contribution in [2.75, 3.05) is 0 Å². The molecule has 0 saturated carbocycles. The summed E-state index contributed by atoms with van der Waals surface area (Å²) >= 11 is 0. The molecule has 0 aliphatic heterocycles. The molecule has 0 spiro atoms. The Morgan fingerprint density at radius 3 is 2.86 bits per heavy atom. The maximum Gasteiger partial charge on any atom is 0.157 e. The highest BCUT2D eigenvalue weighted by Gasteiger charge is 1.84. The Kier molecular flexibility index (Phi) is 1.02. The van der Waals surface area contributed by atoms with Crippen LogP contribution in [0.4, 0.5) is 0 Å². The minimum absolute atomic E-state index is 0.653. The number of ether oxygens (including phenoxy) is 1. The maximum atomic E-state index is 4.64. The first-order chi connectivity index (χ1) is 3.43. The molecule has 0 amide bonds. The molecule has 0 fully saturated rings. The van der Waals surface area contributed by atoms with E-state index in [0.717, 1.165) is 0 Å². The molecule has 37 valence electrons. The number of rotatable bonds is 1. The lowest BCUT2D eigenvalue weighted by molar-refractivity contribution is 0.458. The van der Waals surface area contributed by atoms with Crippen LogP contribution in [0.25, 0.3) is 0 Å². The molecule has 7 heavy (non-hydrogen) atoms. The predicted molar refractivity (Wildman–Crippen MR) is 24.7 cm³/mol. The van der Waals surface area contributed by atoms with Crippen LogP contribution in [-0.2, 0) is 0 Å². The van der Waals surface area contributed by atoms with Gasteiger partial charge in [0.15, 0.2) is 5.75 Å². The van der Waals surface area contributed by atoms with E-state index in [2.05, 4.69) is 16.3 Å². The second-order valence-electron chi connectivity index (χ2n) is 1.10. The lowest BCUT2D eigenvalue weighted by Gasteiger charge is -1.84. The largest absolute Gasteiger partial charge is 0.487 e. The Morgan fingerprint density at radius 2 is 2.57 bits per heavy atom. The lowest BCUT2D eigenvalue weighted by Crippen LogP contribution is -1.69. The Labute approximate surface area is 41.7 Å². The zero-order valence-electron chi connectivity index (χ0n) is 3.76. The van der Waals surface area contributed by atoms with E-state index < -0.39 is 0 Å². The Bertz CT molecular complexity index is 121. The number of furan rings is 1. The summed E-state index contributed by atoms with van der Waals surface area (Å²) in [5.74, 6) is 0.653. The van der Waals surface area contributed by atoms with Gasteiger partial charge in [-0.2, -0.15) is 0 Å². The highest BCUT2D eigenvalue weighted by atomic mass is 16.5. The zero-order chi connectivity index (χ0) is 5.11. The van der Waals surface area contributed by atoms with E-state index in [1.54, 1.807) is 6.07 Å². The molecule has 0 bridgehead atoms. The fourth-order valence-electron chi connectivity index (χ4n) is 0.334. The smallest absolute Gasteiger partial charge is 0.157 e. The molecule has 2 heteroatoms. The van der Waals surface area contributed by atoms with Crippen molar-refractivity contribution in [1.82, 2.24) is 0 Å². The first kappa shape index (κ1) is 4.24. The van der Waals surface area contributed by atoms with Gasteiger partial charge in [0.2, 0.25) is 0 Å². The summed E-state index contributed by atoms with van der Waals surface area (Å²) in [5.41, 5.74) is 0. The van der Waals surface area contributed by atoms with Crippen LogP contribution in [-0.4, -0.2) is 0 Å². The molecule has 0 unspecified atom stereocenters. The second kappa shape index (κ2) is 1.69. The lowest BCUT2D eigenvalue weighted by atomic mass is 10.6. The van der Waals surface area contributed by atoms with Gasteiger partial charge in [0.1, 0.15) is 13.4 Å². The SMILES string of the molecule is [CH2]Oc1ccoc1. The van der Waals surface area contributed by atoms with Gasteiger partial charge in [-0.15, -0.1) is 0 Å². The average Bonchev–Trinajstić information content (AvgIpc) is 2.14. The quantitative estimate of drug-likeness (QED) is 0.529. The maximum absolute atomic E-state index is 4.64. The zero-order valence-corrected chi connectivity index (χ0v) is 3.76. The standard InChI is InChI=1S/C5H5O2/c1-6-5-2-3-7-4-5/h2-4H,1H2. The number of hydrogen-bond acceptors (Lipinski definition) is 2. The molecule has 0 aliphatic rings. The Morgan fingerprint density at radius 1 is 1.71 bits per heavy atom. The summed E-state index contributed by atoms with van der Waals surface area (Å²) in [5, 5.41) is 0. The third-order valence-electron chi connectivity index (χ3n) is 0.662. The van der Waals surface area contributed by atoms with Crippen molar-refractivity contribution in [3.8, 4) is 5.75 Å². The minimum Gasteiger partial charge on any atom is -0.487 e. The highest BCUT2D eigenvalue weighted by molar-refractivity contribution is 5.12. The molecule has 0 saturated heterocycles. The minimum atomic E-state index is 0.653. The van der Waals surface area contributed by atoms with Crippen LogP contribution in [0.5, 0.6) is 5.75 Å². The van der Waals surface area contributed by atoms with Gasteiger partial charge in [0.05, 0.1) is 6.26 Å². The van der Waals surface area contributed by atoms with Gasteiger partial charge in [-0.05, 0) is 0 Å². The van der Waals surface area contributed by atoms with Crippen molar-refractivity contribution >= 4 is 0 Å². The van der Waals surface area contributed by atoms with Crippen molar-refractivity contribution in [1.29, 1.82) is 0 Å². The van der Waals surface area contributed by atoms with Gasteiger partial charge in [0.25, 0.3) is 0 Å². The van der Waals surface area contributed by atoms with E-state index in [4.69, 9.17) is 0 Å². The molecule has 1 rings (SSSR count). The molecule has 0 aliphatic carbocycles. The Balaban J connectivity index is 2.76. The van der Waals surface area contributed by atoms with Crippen LogP contribution in [0, 0.1) is 7.11 Å². The van der Waals surface area contributed by atoms with Gasteiger partial charge in [-0.25, -0.2) is 0 Å². The van der Waals surface area contributed by atoms with Crippen molar-refractivity contribution in [3.05, 3.63) is 25.7 Å². The molecule has 2 nitrogen and oxygen atoms in total. The molecule has 1 radical (unpaired) electrons. The molecular weight excluding hydrogens is 92.1 g/mol. The van der Waals surface area contributed by atoms with Crippen LogP contribution in [0.15, 0.2) is 23.0 Å². The second-order valence-corrected chi connectivity index (χ2v) is 1.10. The fraction of sp³-hybridized carbons (Fsp3) is 0.